The molecule has 1 heterocycles. The summed E-state index contributed by atoms with van der Waals surface area (Å²) in [5, 5.41) is 7.79. The fourth-order valence-electron chi connectivity index (χ4n) is 9.49. The third-order valence-corrected chi connectivity index (χ3v) is 11.9. The number of para-hydroxylation sites is 1. The Balaban J connectivity index is 1.29. The SMILES string of the molecule is CN1c2ccccc2B(c2ccccc2)c2c1cc1ccc3c(-c4ccccc4-c4ccccc4)cc(-c4ccccc4-c4ccccc4)c4ccc2c1c34. The number of rotatable bonds is 5. The highest BCUT2D eigenvalue weighted by Crippen LogP contribution is 2.48. The third-order valence-electron chi connectivity index (χ3n) is 11.9. The van der Waals surface area contributed by atoms with Gasteiger partial charge in [0.25, 0.3) is 0 Å². The molecule has 10 aromatic rings. The van der Waals surface area contributed by atoms with Gasteiger partial charge in [-0.15, -0.1) is 0 Å². The van der Waals surface area contributed by atoms with E-state index in [1.807, 2.05) is 0 Å². The third kappa shape index (κ3) is 4.88. The van der Waals surface area contributed by atoms with Gasteiger partial charge in [0.05, 0.1) is 0 Å². The summed E-state index contributed by atoms with van der Waals surface area (Å²) in [4.78, 5) is 2.40. The Labute approximate surface area is 322 Å². The number of nitrogens with zero attached hydrogens (tertiary/aromatic N) is 1. The molecule has 1 aliphatic heterocycles. The van der Waals surface area contributed by atoms with Crippen molar-refractivity contribution in [3.63, 3.8) is 0 Å². The molecule has 0 N–H and O–H groups in total. The van der Waals surface area contributed by atoms with Crippen LogP contribution in [-0.2, 0) is 0 Å². The quantitative estimate of drug-likeness (QED) is 0.128. The first-order valence-electron chi connectivity index (χ1n) is 19.2. The maximum Gasteiger partial charge on any atom is 0.247 e. The van der Waals surface area contributed by atoms with Crippen LogP contribution in [0.3, 0.4) is 0 Å². The average Bonchev–Trinajstić information content (AvgIpc) is 3.26. The van der Waals surface area contributed by atoms with Gasteiger partial charge in [0.2, 0.25) is 6.71 Å². The zero-order valence-electron chi connectivity index (χ0n) is 30.6. The molecule has 0 unspecified atom stereocenters. The molecule has 0 atom stereocenters. The molecule has 0 fully saturated rings. The minimum Gasteiger partial charge on any atom is -0.345 e. The van der Waals surface area contributed by atoms with Crippen molar-refractivity contribution >= 4 is 66.8 Å². The van der Waals surface area contributed by atoms with Crippen LogP contribution < -0.4 is 21.3 Å². The van der Waals surface area contributed by atoms with Crippen molar-refractivity contribution in [2.45, 2.75) is 0 Å². The van der Waals surface area contributed by atoms with Crippen LogP contribution >= 0.6 is 0 Å². The zero-order chi connectivity index (χ0) is 36.5. The van der Waals surface area contributed by atoms with E-state index in [0.29, 0.717) is 0 Å². The molecule has 11 rings (SSSR count). The van der Waals surface area contributed by atoms with E-state index in [9.17, 15) is 0 Å². The lowest BCUT2D eigenvalue weighted by Gasteiger charge is -2.36. The molecule has 0 radical (unpaired) electrons. The van der Waals surface area contributed by atoms with Gasteiger partial charge in [0.1, 0.15) is 0 Å². The molecule has 0 aliphatic carbocycles. The molecule has 256 valence electrons. The highest BCUT2D eigenvalue weighted by Gasteiger charge is 2.35. The van der Waals surface area contributed by atoms with Crippen LogP contribution in [0, 0.1) is 0 Å². The second-order valence-electron chi connectivity index (χ2n) is 14.8. The van der Waals surface area contributed by atoms with Crippen molar-refractivity contribution in [2.24, 2.45) is 0 Å². The highest BCUT2D eigenvalue weighted by molar-refractivity contribution is 6.99. The van der Waals surface area contributed by atoms with Crippen molar-refractivity contribution in [3.8, 4) is 44.5 Å². The summed E-state index contributed by atoms with van der Waals surface area (Å²) in [6.07, 6.45) is 0. The van der Waals surface area contributed by atoms with Crippen LogP contribution in [0.2, 0.25) is 0 Å². The summed E-state index contributed by atoms with van der Waals surface area (Å²) in [6, 6.07) is 74.0. The van der Waals surface area contributed by atoms with Crippen LogP contribution in [0.25, 0.3) is 76.8 Å². The number of benzene rings is 10. The standard InChI is InChI=1S/C53H36BN/c1-55-49-28-16-15-27-48(49)54(38-21-9-4-10-22-38)53-45-32-31-44-47(42-26-14-12-24-40(42)36-19-7-3-8-20-36)34-46(43-30-29-37(33-50(53)55)51(45)52(43)44)41-25-13-11-23-39(41)35-17-5-2-6-18-35/h2-34H,1H3. The lowest BCUT2D eigenvalue weighted by Crippen LogP contribution is -2.57. The zero-order valence-corrected chi connectivity index (χ0v) is 30.6. The van der Waals surface area contributed by atoms with Gasteiger partial charge in [-0.2, -0.15) is 0 Å². The molecule has 0 bridgehead atoms. The molecular formula is C53H36BN. The summed E-state index contributed by atoms with van der Waals surface area (Å²) < 4.78 is 0. The van der Waals surface area contributed by atoms with E-state index in [1.54, 1.807) is 0 Å². The lowest BCUT2D eigenvalue weighted by molar-refractivity contribution is 1.22. The van der Waals surface area contributed by atoms with E-state index in [-0.39, 0.29) is 6.71 Å². The number of fused-ring (bicyclic) bond motifs is 3. The van der Waals surface area contributed by atoms with Gasteiger partial charge >= 0.3 is 0 Å². The maximum absolute atomic E-state index is 2.47. The largest absolute Gasteiger partial charge is 0.345 e. The van der Waals surface area contributed by atoms with E-state index in [1.165, 1.54) is 105 Å². The van der Waals surface area contributed by atoms with Crippen molar-refractivity contribution in [2.75, 3.05) is 11.9 Å². The molecule has 2 heteroatoms. The second-order valence-corrected chi connectivity index (χ2v) is 14.8. The number of hydrogen-bond donors (Lipinski definition) is 0. The van der Waals surface area contributed by atoms with Crippen molar-refractivity contribution in [1.29, 1.82) is 0 Å². The van der Waals surface area contributed by atoms with E-state index in [4.69, 9.17) is 0 Å². The monoisotopic (exact) mass is 697 g/mol. The highest BCUT2D eigenvalue weighted by atomic mass is 15.1. The Morgan fingerprint density at radius 1 is 0.364 bits per heavy atom. The van der Waals surface area contributed by atoms with Gasteiger partial charge in [-0.1, -0.05) is 187 Å². The normalized spacial score (nSPS) is 12.4. The molecule has 1 aliphatic rings. The summed E-state index contributed by atoms with van der Waals surface area (Å²) in [6.45, 7) is 0.102. The van der Waals surface area contributed by atoms with Crippen LogP contribution in [0.15, 0.2) is 200 Å². The lowest BCUT2D eigenvalue weighted by atomic mass is 9.34. The van der Waals surface area contributed by atoms with Gasteiger partial charge in [0, 0.05) is 18.4 Å². The predicted octanol–water partition coefficient (Wildman–Crippen LogP) is 11.8. The van der Waals surface area contributed by atoms with Crippen molar-refractivity contribution in [3.05, 3.63) is 200 Å². The summed E-state index contributed by atoms with van der Waals surface area (Å²) in [5.41, 5.74) is 16.4. The van der Waals surface area contributed by atoms with Gasteiger partial charge in [-0.05, 0) is 106 Å². The van der Waals surface area contributed by atoms with Crippen molar-refractivity contribution < 1.29 is 0 Å². The first-order chi connectivity index (χ1) is 27.2. The van der Waals surface area contributed by atoms with E-state index in [2.05, 4.69) is 212 Å². The Morgan fingerprint density at radius 3 is 1.47 bits per heavy atom. The molecular weight excluding hydrogens is 661 g/mol. The first kappa shape index (κ1) is 31.6. The summed E-state index contributed by atoms with van der Waals surface area (Å²) in [7, 11) is 2.23. The molecule has 0 saturated carbocycles. The fourth-order valence-corrected chi connectivity index (χ4v) is 9.49. The van der Waals surface area contributed by atoms with Crippen LogP contribution in [-0.4, -0.2) is 13.8 Å². The topological polar surface area (TPSA) is 3.24 Å². The smallest absolute Gasteiger partial charge is 0.247 e. The molecule has 0 amide bonds. The average molecular weight is 698 g/mol. The Kier molecular flexibility index (Phi) is 7.25. The van der Waals surface area contributed by atoms with E-state index >= 15 is 0 Å². The van der Waals surface area contributed by atoms with Crippen LogP contribution in [0.5, 0.6) is 0 Å². The summed E-state index contributed by atoms with van der Waals surface area (Å²) in [5.74, 6) is 0. The Hall–Kier alpha value is -6.90. The van der Waals surface area contributed by atoms with Gasteiger partial charge in [0.15, 0.2) is 0 Å². The second kappa shape index (κ2) is 12.6. The molecule has 0 saturated heterocycles. The van der Waals surface area contributed by atoms with Crippen LogP contribution in [0.1, 0.15) is 0 Å². The molecule has 55 heavy (non-hydrogen) atoms. The molecule has 10 aromatic carbocycles. The van der Waals surface area contributed by atoms with E-state index < -0.39 is 0 Å². The first-order valence-corrected chi connectivity index (χ1v) is 19.2. The van der Waals surface area contributed by atoms with Gasteiger partial charge < -0.3 is 4.90 Å². The van der Waals surface area contributed by atoms with Gasteiger partial charge in [-0.3, -0.25) is 0 Å². The minimum absolute atomic E-state index is 0.102. The van der Waals surface area contributed by atoms with Crippen LogP contribution in [0.4, 0.5) is 11.4 Å². The molecule has 0 aromatic heterocycles. The van der Waals surface area contributed by atoms with Gasteiger partial charge in [-0.25, -0.2) is 0 Å². The van der Waals surface area contributed by atoms with Crippen molar-refractivity contribution in [1.82, 2.24) is 0 Å². The number of anilines is 2. The predicted molar refractivity (Wildman–Crippen MR) is 237 cm³/mol. The van der Waals surface area contributed by atoms with E-state index in [0.717, 1.165) is 0 Å². The summed E-state index contributed by atoms with van der Waals surface area (Å²) >= 11 is 0. The fraction of sp³-hybridized carbons (Fsp3) is 0.0189. The molecule has 0 spiro atoms. The minimum atomic E-state index is 0.102. The Bertz CT molecular complexity index is 2940. The maximum atomic E-state index is 2.47. The Morgan fingerprint density at radius 2 is 0.855 bits per heavy atom. The molecule has 1 nitrogen and oxygen atoms in total. The number of hydrogen-bond acceptors (Lipinski definition) is 1.